The van der Waals surface area contributed by atoms with E-state index in [1.807, 2.05) is 20.8 Å². The van der Waals surface area contributed by atoms with Crippen LogP contribution in [0, 0.1) is 5.41 Å². The van der Waals surface area contributed by atoms with Gasteiger partial charge in [-0.05, 0) is 27.2 Å². The lowest BCUT2D eigenvalue weighted by atomic mass is 9.87. The van der Waals surface area contributed by atoms with Gasteiger partial charge in [-0.3, -0.25) is 4.79 Å². The van der Waals surface area contributed by atoms with Crippen molar-refractivity contribution in [1.29, 1.82) is 0 Å². The highest BCUT2D eigenvalue weighted by atomic mass is 16.5. The van der Waals surface area contributed by atoms with E-state index in [1.54, 1.807) is 0 Å². The summed E-state index contributed by atoms with van der Waals surface area (Å²) in [4.78, 5) is 11.8. The molecule has 0 saturated carbocycles. The largest absolute Gasteiger partial charge is 0.466 e. The molecule has 2 nitrogen and oxygen atoms in total. The SMILES string of the molecule is CCCCCCCCCCCCCC(C)(C)C(=O)OCC. The van der Waals surface area contributed by atoms with Gasteiger partial charge in [0.05, 0.1) is 12.0 Å². The van der Waals surface area contributed by atoms with Crippen LogP contribution in [0.15, 0.2) is 0 Å². The summed E-state index contributed by atoms with van der Waals surface area (Å²) in [5.74, 6) is -0.0444. The van der Waals surface area contributed by atoms with Crippen molar-refractivity contribution in [2.45, 2.75) is 105 Å². The van der Waals surface area contributed by atoms with Crippen molar-refractivity contribution in [3.8, 4) is 0 Å². The molecule has 0 fully saturated rings. The Labute approximate surface area is 133 Å². The average molecular weight is 299 g/mol. The Morgan fingerprint density at radius 2 is 1.19 bits per heavy atom. The quantitative estimate of drug-likeness (QED) is 0.279. The second kappa shape index (κ2) is 13.2. The van der Waals surface area contributed by atoms with Crippen molar-refractivity contribution < 1.29 is 9.53 Å². The predicted molar refractivity (Wildman–Crippen MR) is 91.5 cm³/mol. The first-order chi connectivity index (χ1) is 10.0. The lowest BCUT2D eigenvalue weighted by Gasteiger charge is -2.21. The molecule has 0 aromatic carbocycles. The summed E-state index contributed by atoms with van der Waals surface area (Å²) in [6.07, 6.45) is 15.8. The maximum absolute atomic E-state index is 11.8. The minimum Gasteiger partial charge on any atom is -0.466 e. The van der Waals surface area contributed by atoms with E-state index in [-0.39, 0.29) is 11.4 Å². The predicted octanol–water partition coefficient (Wildman–Crippen LogP) is 6.28. The summed E-state index contributed by atoms with van der Waals surface area (Å²) >= 11 is 0. The van der Waals surface area contributed by atoms with Gasteiger partial charge in [0, 0.05) is 0 Å². The van der Waals surface area contributed by atoms with E-state index < -0.39 is 0 Å². The van der Waals surface area contributed by atoms with E-state index in [4.69, 9.17) is 4.74 Å². The highest BCUT2D eigenvalue weighted by molar-refractivity contribution is 5.75. The number of esters is 1. The summed E-state index contributed by atoms with van der Waals surface area (Å²) in [6.45, 7) is 8.63. The van der Waals surface area contributed by atoms with Gasteiger partial charge in [-0.25, -0.2) is 0 Å². The first-order valence-electron chi connectivity index (χ1n) is 9.21. The molecule has 0 saturated heterocycles. The van der Waals surface area contributed by atoms with Crippen LogP contribution in [0.5, 0.6) is 0 Å². The van der Waals surface area contributed by atoms with Crippen LogP contribution < -0.4 is 0 Å². The van der Waals surface area contributed by atoms with Gasteiger partial charge < -0.3 is 4.74 Å². The van der Waals surface area contributed by atoms with Crippen molar-refractivity contribution in [2.24, 2.45) is 5.41 Å². The van der Waals surface area contributed by atoms with Crippen molar-refractivity contribution in [2.75, 3.05) is 6.61 Å². The van der Waals surface area contributed by atoms with Crippen LogP contribution in [0.2, 0.25) is 0 Å². The number of carbonyl (C=O) groups is 1. The van der Waals surface area contributed by atoms with E-state index in [0.717, 1.165) is 12.8 Å². The standard InChI is InChI=1S/C19H38O2/c1-5-7-8-9-10-11-12-13-14-15-16-17-19(3,4)18(20)21-6-2/h5-17H2,1-4H3. The van der Waals surface area contributed by atoms with Gasteiger partial charge in [0.15, 0.2) is 0 Å². The Bertz CT molecular complexity index is 246. The molecule has 0 aliphatic carbocycles. The molecular formula is C19H38O2. The van der Waals surface area contributed by atoms with Crippen LogP contribution in [-0.2, 0) is 9.53 Å². The molecule has 0 bridgehead atoms. The molecule has 21 heavy (non-hydrogen) atoms. The number of unbranched alkanes of at least 4 members (excludes halogenated alkanes) is 10. The number of hydrogen-bond donors (Lipinski definition) is 0. The van der Waals surface area contributed by atoms with E-state index in [2.05, 4.69) is 6.92 Å². The maximum Gasteiger partial charge on any atom is 0.311 e. The van der Waals surface area contributed by atoms with Gasteiger partial charge in [0.25, 0.3) is 0 Å². The highest BCUT2D eigenvalue weighted by Gasteiger charge is 2.28. The van der Waals surface area contributed by atoms with Crippen LogP contribution in [0.3, 0.4) is 0 Å². The average Bonchev–Trinajstić information content (AvgIpc) is 2.45. The van der Waals surface area contributed by atoms with Gasteiger partial charge in [0.1, 0.15) is 0 Å². The molecule has 0 atom stereocenters. The number of ether oxygens (including phenoxy) is 1. The van der Waals surface area contributed by atoms with Crippen LogP contribution in [0.4, 0.5) is 0 Å². The molecule has 126 valence electrons. The van der Waals surface area contributed by atoms with Crippen LogP contribution in [0.1, 0.15) is 105 Å². The fourth-order valence-electron chi connectivity index (χ4n) is 2.66. The smallest absolute Gasteiger partial charge is 0.311 e. The zero-order valence-corrected chi connectivity index (χ0v) is 15.0. The van der Waals surface area contributed by atoms with Crippen molar-refractivity contribution >= 4 is 5.97 Å². The molecular weight excluding hydrogens is 260 g/mol. The minimum absolute atomic E-state index is 0.0444. The Morgan fingerprint density at radius 1 is 0.762 bits per heavy atom. The minimum atomic E-state index is -0.310. The normalized spacial score (nSPS) is 11.6. The molecule has 0 radical (unpaired) electrons. The summed E-state index contributed by atoms with van der Waals surface area (Å²) < 4.78 is 5.12. The molecule has 0 aromatic heterocycles. The summed E-state index contributed by atoms with van der Waals surface area (Å²) in [5, 5.41) is 0. The third-order valence-corrected chi connectivity index (χ3v) is 4.23. The molecule has 0 aromatic rings. The summed E-state index contributed by atoms with van der Waals surface area (Å²) in [5.41, 5.74) is -0.310. The van der Waals surface area contributed by atoms with E-state index in [0.29, 0.717) is 6.61 Å². The summed E-state index contributed by atoms with van der Waals surface area (Å²) in [7, 11) is 0. The monoisotopic (exact) mass is 298 g/mol. The summed E-state index contributed by atoms with van der Waals surface area (Å²) in [6, 6.07) is 0. The zero-order chi connectivity index (χ0) is 16.0. The number of hydrogen-bond acceptors (Lipinski definition) is 2. The van der Waals surface area contributed by atoms with E-state index >= 15 is 0 Å². The van der Waals surface area contributed by atoms with E-state index in [9.17, 15) is 4.79 Å². The number of carbonyl (C=O) groups excluding carboxylic acids is 1. The van der Waals surface area contributed by atoms with Gasteiger partial charge in [-0.2, -0.15) is 0 Å². The number of rotatable bonds is 14. The van der Waals surface area contributed by atoms with Crippen LogP contribution >= 0.6 is 0 Å². The molecule has 0 rings (SSSR count). The molecule has 2 heteroatoms. The second-order valence-electron chi connectivity index (χ2n) is 6.89. The topological polar surface area (TPSA) is 26.3 Å². The van der Waals surface area contributed by atoms with Crippen molar-refractivity contribution in [3.05, 3.63) is 0 Å². The van der Waals surface area contributed by atoms with Gasteiger partial charge in [-0.15, -0.1) is 0 Å². The first-order valence-corrected chi connectivity index (χ1v) is 9.21. The van der Waals surface area contributed by atoms with E-state index in [1.165, 1.54) is 64.2 Å². The van der Waals surface area contributed by atoms with Crippen LogP contribution in [0.25, 0.3) is 0 Å². The Hall–Kier alpha value is -0.530. The van der Waals surface area contributed by atoms with Gasteiger partial charge in [0.2, 0.25) is 0 Å². The Balaban J connectivity index is 3.37. The zero-order valence-electron chi connectivity index (χ0n) is 15.0. The molecule has 0 amide bonds. The fourth-order valence-corrected chi connectivity index (χ4v) is 2.66. The molecule has 0 aliphatic rings. The first kappa shape index (κ1) is 20.5. The van der Waals surface area contributed by atoms with Gasteiger partial charge in [-0.1, -0.05) is 77.6 Å². The molecule has 0 aliphatic heterocycles. The van der Waals surface area contributed by atoms with Gasteiger partial charge >= 0.3 is 5.97 Å². The molecule has 0 N–H and O–H groups in total. The molecule has 0 spiro atoms. The van der Waals surface area contributed by atoms with Crippen LogP contribution in [-0.4, -0.2) is 12.6 Å². The lowest BCUT2D eigenvalue weighted by Crippen LogP contribution is -2.26. The lowest BCUT2D eigenvalue weighted by molar-refractivity contribution is -0.153. The fraction of sp³-hybridized carbons (Fsp3) is 0.947. The van der Waals surface area contributed by atoms with Crippen molar-refractivity contribution in [3.63, 3.8) is 0 Å². The Kier molecular flexibility index (Phi) is 12.8. The third kappa shape index (κ3) is 11.8. The molecule has 0 heterocycles. The van der Waals surface area contributed by atoms with Crippen molar-refractivity contribution in [1.82, 2.24) is 0 Å². The second-order valence-corrected chi connectivity index (χ2v) is 6.89. The Morgan fingerprint density at radius 3 is 1.62 bits per heavy atom. The highest BCUT2D eigenvalue weighted by Crippen LogP contribution is 2.25. The maximum atomic E-state index is 11.8. The third-order valence-electron chi connectivity index (χ3n) is 4.23. The molecule has 0 unspecified atom stereocenters.